The van der Waals surface area contributed by atoms with Crippen molar-refractivity contribution in [3.63, 3.8) is 0 Å². The van der Waals surface area contributed by atoms with E-state index in [-0.39, 0.29) is 17.5 Å². The first-order valence-electron chi connectivity index (χ1n) is 11.1. The predicted octanol–water partition coefficient (Wildman–Crippen LogP) is 6.39. The Morgan fingerprint density at radius 2 is 1.47 bits per heavy atom. The number of rotatable bonds is 5. The van der Waals surface area contributed by atoms with Crippen molar-refractivity contribution in [3.05, 3.63) is 103 Å². The summed E-state index contributed by atoms with van der Waals surface area (Å²) < 4.78 is 15.5. The normalized spacial score (nSPS) is 12.2. The van der Waals surface area contributed by atoms with Gasteiger partial charge in [0.1, 0.15) is 5.82 Å². The Balaban J connectivity index is 1.34. The molecule has 0 fully saturated rings. The molecule has 0 radical (unpaired) electrons. The standard InChI is InChI=1S/C27H18FN5OS2/c28-19-9-11-20(12-10-19)32-26(18-13-15-29-16-14-18)30-31-27(32)35-17-25(34)33-21-5-1-3-7-23(21)36-24-8-4-2-6-22(24)33/h1-16H,17H2. The SMILES string of the molecule is O=C(CSc1nnc(-c2ccncc2)n1-c1ccc(F)cc1)N1c2ccccc2Sc2ccccc21. The number of hydrogen-bond donors (Lipinski definition) is 0. The van der Waals surface area contributed by atoms with Crippen LogP contribution >= 0.6 is 23.5 Å². The second-order valence-corrected chi connectivity index (χ2v) is 9.94. The first-order valence-corrected chi connectivity index (χ1v) is 12.9. The summed E-state index contributed by atoms with van der Waals surface area (Å²) in [5.74, 6) is 0.327. The lowest BCUT2D eigenvalue weighted by Crippen LogP contribution is -2.30. The van der Waals surface area contributed by atoms with Gasteiger partial charge in [0.2, 0.25) is 5.91 Å². The fourth-order valence-electron chi connectivity index (χ4n) is 4.04. The quantitative estimate of drug-likeness (QED) is 0.255. The largest absolute Gasteiger partial charge is 0.278 e. The second kappa shape index (κ2) is 9.60. The van der Waals surface area contributed by atoms with Crippen LogP contribution in [0.15, 0.2) is 112 Å². The van der Waals surface area contributed by atoms with Crippen LogP contribution in [0.3, 0.4) is 0 Å². The van der Waals surface area contributed by atoms with Crippen molar-refractivity contribution < 1.29 is 9.18 Å². The number of nitrogens with zero attached hydrogens (tertiary/aromatic N) is 5. The van der Waals surface area contributed by atoms with Gasteiger partial charge in [0.05, 0.1) is 17.1 Å². The number of halogens is 1. The third kappa shape index (κ3) is 4.16. The Morgan fingerprint density at radius 1 is 0.833 bits per heavy atom. The van der Waals surface area contributed by atoms with E-state index in [2.05, 4.69) is 15.2 Å². The zero-order chi connectivity index (χ0) is 24.5. The van der Waals surface area contributed by atoms with E-state index in [1.54, 1.807) is 41.2 Å². The molecule has 6 nitrogen and oxygen atoms in total. The third-order valence-corrected chi connectivity index (χ3v) is 7.71. The van der Waals surface area contributed by atoms with Gasteiger partial charge < -0.3 is 0 Å². The summed E-state index contributed by atoms with van der Waals surface area (Å²) in [5, 5.41) is 9.31. The number of amides is 1. The molecule has 0 N–H and O–H groups in total. The van der Waals surface area contributed by atoms with Crippen molar-refractivity contribution in [2.75, 3.05) is 10.7 Å². The number of pyridine rings is 1. The van der Waals surface area contributed by atoms with E-state index in [1.165, 1.54) is 23.9 Å². The van der Waals surface area contributed by atoms with Crippen LogP contribution in [0.25, 0.3) is 17.1 Å². The molecule has 2 aromatic heterocycles. The molecule has 1 amide bonds. The van der Waals surface area contributed by atoms with Crippen LogP contribution < -0.4 is 4.90 Å². The fourth-order valence-corrected chi connectivity index (χ4v) is 5.90. The summed E-state index contributed by atoms with van der Waals surface area (Å²) in [7, 11) is 0. The lowest BCUT2D eigenvalue weighted by molar-refractivity contribution is -0.115. The van der Waals surface area contributed by atoms with Crippen molar-refractivity contribution in [2.24, 2.45) is 0 Å². The van der Waals surface area contributed by atoms with Gasteiger partial charge in [-0.2, -0.15) is 0 Å². The summed E-state index contributed by atoms with van der Waals surface area (Å²) in [6, 6.07) is 25.6. The molecule has 0 saturated heterocycles. The van der Waals surface area contributed by atoms with Gasteiger partial charge in [0, 0.05) is 33.4 Å². The van der Waals surface area contributed by atoms with E-state index in [1.807, 2.05) is 65.2 Å². The molecule has 0 unspecified atom stereocenters. The minimum absolute atomic E-state index is 0.0701. The number of anilines is 2. The molecule has 0 bridgehead atoms. The number of benzene rings is 3. The molecule has 0 saturated carbocycles. The molecular weight excluding hydrogens is 493 g/mol. The maximum absolute atomic E-state index is 13.6. The van der Waals surface area contributed by atoms with Gasteiger partial charge in [-0.1, -0.05) is 47.8 Å². The van der Waals surface area contributed by atoms with E-state index >= 15 is 0 Å². The van der Waals surface area contributed by atoms with Gasteiger partial charge in [-0.25, -0.2) is 4.39 Å². The molecule has 3 aromatic carbocycles. The number of fused-ring (bicyclic) bond motifs is 2. The highest BCUT2D eigenvalue weighted by atomic mass is 32.2. The molecule has 5 aromatic rings. The van der Waals surface area contributed by atoms with Crippen LogP contribution in [0.2, 0.25) is 0 Å². The van der Waals surface area contributed by atoms with E-state index < -0.39 is 0 Å². The maximum atomic E-state index is 13.6. The zero-order valence-electron chi connectivity index (χ0n) is 18.8. The highest BCUT2D eigenvalue weighted by molar-refractivity contribution is 8.00. The van der Waals surface area contributed by atoms with Gasteiger partial charge in [0.15, 0.2) is 11.0 Å². The average Bonchev–Trinajstić information content (AvgIpc) is 3.35. The smallest absolute Gasteiger partial charge is 0.242 e. The van der Waals surface area contributed by atoms with E-state index in [4.69, 9.17) is 0 Å². The second-order valence-electron chi connectivity index (χ2n) is 7.91. The summed E-state index contributed by atoms with van der Waals surface area (Å²) in [4.78, 5) is 21.6. The Hall–Kier alpha value is -3.95. The highest BCUT2D eigenvalue weighted by Gasteiger charge is 2.28. The molecule has 1 aliphatic heterocycles. The predicted molar refractivity (Wildman–Crippen MR) is 139 cm³/mol. The number of thioether (sulfide) groups is 1. The minimum Gasteiger partial charge on any atom is -0.278 e. The highest BCUT2D eigenvalue weighted by Crippen LogP contribution is 2.48. The molecule has 9 heteroatoms. The molecule has 1 aliphatic rings. The number of carbonyl (C=O) groups is 1. The van der Waals surface area contributed by atoms with Crippen molar-refractivity contribution in [3.8, 4) is 17.1 Å². The summed E-state index contributed by atoms with van der Waals surface area (Å²) >= 11 is 2.95. The Labute approximate surface area is 215 Å². The molecule has 0 atom stereocenters. The molecular formula is C27H18FN5OS2. The monoisotopic (exact) mass is 511 g/mol. The van der Waals surface area contributed by atoms with Crippen molar-refractivity contribution in [1.29, 1.82) is 0 Å². The summed E-state index contributed by atoms with van der Waals surface area (Å²) in [6.45, 7) is 0. The van der Waals surface area contributed by atoms with Crippen LogP contribution in [-0.2, 0) is 4.79 Å². The zero-order valence-corrected chi connectivity index (χ0v) is 20.4. The maximum Gasteiger partial charge on any atom is 0.242 e. The van der Waals surface area contributed by atoms with E-state index in [0.29, 0.717) is 16.7 Å². The molecule has 36 heavy (non-hydrogen) atoms. The van der Waals surface area contributed by atoms with Gasteiger partial charge in [-0.15, -0.1) is 10.2 Å². The lowest BCUT2D eigenvalue weighted by Gasteiger charge is -2.30. The minimum atomic E-state index is -0.332. The summed E-state index contributed by atoms with van der Waals surface area (Å²) in [6.07, 6.45) is 3.36. The third-order valence-electron chi connectivity index (χ3n) is 5.66. The van der Waals surface area contributed by atoms with Crippen molar-refractivity contribution >= 4 is 40.8 Å². The van der Waals surface area contributed by atoms with Gasteiger partial charge >= 0.3 is 0 Å². The van der Waals surface area contributed by atoms with Crippen LogP contribution in [0.5, 0.6) is 0 Å². The number of aromatic nitrogens is 4. The van der Waals surface area contributed by atoms with Crippen LogP contribution in [0, 0.1) is 5.82 Å². The van der Waals surface area contributed by atoms with Crippen molar-refractivity contribution in [1.82, 2.24) is 19.7 Å². The van der Waals surface area contributed by atoms with Crippen LogP contribution in [0.1, 0.15) is 0 Å². The van der Waals surface area contributed by atoms with Crippen molar-refractivity contribution in [2.45, 2.75) is 14.9 Å². The number of carbonyl (C=O) groups excluding carboxylic acids is 1. The van der Waals surface area contributed by atoms with Gasteiger partial charge in [0.25, 0.3) is 0 Å². The molecule has 3 heterocycles. The molecule has 6 rings (SSSR count). The van der Waals surface area contributed by atoms with Crippen LogP contribution in [-0.4, -0.2) is 31.4 Å². The molecule has 176 valence electrons. The van der Waals surface area contributed by atoms with E-state index in [9.17, 15) is 9.18 Å². The first-order chi connectivity index (χ1) is 17.7. The Kier molecular flexibility index (Phi) is 6.00. The number of hydrogen-bond acceptors (Lipinski definition) is 6. The van der Waals surface area contributed by atoms with Gasteiger partial charge in [-0.3, -0.25) is 19.2 Å². The average molecular weight is 512 g/mol. The summed E-state index contributed by atoms with van der Waals surface area (Å²) in [5.41, 5.74) is 3.25. The Bertz CT molecular complexity index is 1510. The topological polar surface area (TPSA) is 63.9 Å². The first kappa shape index (κ1) is 22.5. The van der Waals surface area contributed by atoms with Crippen LogP contribution in [0.4, 0.5) is 15.8 Å². The Morgan fingerprint density at radius 3 is 2.14 bits per heavy atom. The van der Waals surface area contributed by atoms with E-state index in [0.717, 1.165) is 26.7 Å². The fraction of sp³-hybridized carbons (Fsp3) is 0.0370. The van der Waals surface area contributed by atoms with Gasteiger partial charge in [-0.05, 0) is 60.7 Å². The molecule has 0 aliphatic carbocycles. The molecule has 0 spiro atoms. The number of para-hydroxylation sites is 2. The lowest BCUT2D eigenvalue weighted by atomic mass is 10.2.